The Kier molecular flexibility index (Phi) is 5.32. The molecule has 0 bridgehead atoms. The fraction of sp³-hybridized carbons (Fsp3) is 0.222. The third kappa shape index (κ3) is 3.69. The molecule has 0 fully saturated rings. The van der Waals surface area contributed by atoms with Gasteiger partial charge in [0.2, 0.25) is 5.91 Å². The van der Waals surface area contributed by atoms with Crippen LogP contribution in [0, 0.1) is 6.92 Å². The molecule has 0 spiro atoms. The van der Waals surface area contributed by atoms with Gasteiger partial charge in [-0.3, -0.25) is 9.59 Å². The van der Waals surface area contributed by atoms with Crippen molar-refractivity contribution in [1.82, 2.24) is 14.1 Å². The van der Waals surface area contributed by atoms with Gasteiger partial charge in [0.1, 0.15) is 0 Å². The number of hydrogen-bond donors (Lipinski definition) is 2. The van der Waals surface area contributed by atoms with Crippen LogP contribution in [0.5, 0.6) is 0 Å². The zero-order chi connectivity index (χ0) is 24.0. The SMILES string of the molecule is Cc1cc(C(N)=O)ccc1-n1c2c(c3ccc(CCC(=O)O)cc31)C=C(n1ccnc1)CC2C. The highest BCUT2D eigenvalue weighted by Gasteiger charge is 2.27. The van der Waals surface area contributed by atoms with Gasteiger partial charge in [-0.05, 0) is 61.2 Å². The van der Waals surface area contributed by atoms with Gasteiger partial charge in [0, 0.05) is 58.3 Å². The van der Waals surface area contributed by atoms with Crippen molar-refractivity contribution in [2.24, 2.45) is 5.73 Å². The van der Waals surface area contributed by atoms with Crippen LogP contribution in [0.2, 0.25) is 0 Å². The summed E-state index contributed by atoms with van der Waals surface area (Å²) in [6.07, 6.45) is 9.18. The normalized spacial score (nSPS) is 15.2. The van der Waals surface area contributed by atoms with Crippen molar-refractivity contribution >= 4 is 34.6 Å². The molecule has 0 saturated heterocycles. The maximum absolute atomic E-state index is 11.7. The number of primary amides is 1. The van der Waals surface area contributed by atoms with Gasteiger partial charge in [-0.1, -0.05) is 19.1 Å². The van der Waals surface area contributed by atoms with Crippen LogP contribution in [0.25, 0.3) is 28.4 Å². The highest BCUT2D eigenvalue weighted by atomic mass is 16.4. The van der Waals surface area contributed by atoms with Crippen molar-refractivity contribution in [2.45, 2.75) is 39.0 Å². The average Bonchev–Trinajstić information content (AvgIpc) is 3.44. The number of nitrogens with two attached hydrogens (primary N) is 1. The van der Waals surface area contributed by atoms with Gasteiger partial charge >= 0.3 is 5.97 Å². The highest BCUT2D eigenvalue weighted by molar-refractivity contribution is 5.98. The van der Waals surface area contributed by atoms with E-state index in [0.29, 0.717) is 12.0 Å². The summed E-state index contributed by atoms with van der Waals surface area (Å²) in [5.41, 5.74) is 13.4. The molecule has 2 aromatic heterocycles. The number of imidazole rings is 1. The smallest absolute Gasteiger partial charge is 0.303 e. The molecule has 1 amide bonds. The lowest BCUT2D eigenvalue weighted by Gasteiger charge is -2.24. The van der Waals surface area contributed by atoms with Crippen LogP contribution in [0.15, 0.2) is 55.1 Å². The predicted molar refractivity (Wildman–Crippen MR) is 132 cm³/mol. The second-order valence-corrected chi connectivity index (χ2v) is 8.96. The van der Waals surface area contributed by atoms with Gasteiger partial charge in [0.25, 0.3) is 0 Å². The van der Waals surface area contributed by atoms with Gasteiger partial charge in [0.15, 0.2) is 0 Å². The van der Waals surface area contributed by atoms with Gasteiger partial charge in [-0.15, -0.1) is 0 Å². The Morgan fingerprint density at radius 3 is 2.71 bits per heavy atom. The lowest BCUT2D eigenvalue weighted by Crippen LogP contribution is -2.14. The number of amides is 1. The summed E-state index contributed by atoms with van der Waals surface area (Å²) in [5, 5.41) is 10.3. The molecule has 0 aliphatic heterocycles. The van der Waals surface area contributed by atoms with Gasteiger partial charge in [0.05, 0.1) is 11.8 Å². The summed E-state index contributed by atoms with van der Waals surface area (Å²) in [6.45, 7) is 4.20. The molecule has 0 saturated carbocycles. The quantitative estimate of drug-likeness (QED) is 0.438. The Hall–Kier alpha value is -4.13. The molecule has 2 aromatic carbocycles. The largest absolute Gasteiger partial charge is 0.481 e. The lowest BCUT2D eigenvalue weighted by atomic mass is 9.90. The molecular formula is C27H26N4O3. The fourth-order valence-electron chi connectivity index (χ4n) is 4.99. The number of allylic oxidation sites excluding steroid dienone is 1. The van der Waals surface area contributed by atoms with E-state index in [9.17, 15) is 9.59 Å². The number of carboxylic acids is 1. The number of fused-ring (bicyclic) bond motifs is 3. The minimum Gasteiger partial charge on any atom is -0.481 e. The number of carbonyl (C=O) groups excluding carboxylic acids is 1. The van der Waals surface area contributed by atoms with Crippen LogP contribution >= 0.6 is 0 Å². The summed E-state index contributed by atoms with van der Waals surface area (Å²) < 4.78 is 4.32. The summed E-state index contributed by atoms with van der Waals surface area (Å²) in [6, 6.07) is 11.7. The van der Waals surface area contributed by atoms with E-state index in [1.807, 2.05) is 37.6 Å². The Labute approximate surface area is 197 Å². The van der Waals surface area contributed by atoms with E-state index in [-0.39, 0.29) is 12.3 Å². The molecule has 1 unspecified atom stereocenters. The number of benzene rings is 2. The van der Waals surface area contributed by atoms with E-state index in [2.05, 4.69) is 39.3 Å². The summed E-state index contributed by atoms with van der Waals surface area (Å²) in [5.74, 6) is -1.04. The van der Waals surface area contributed by atoms with Crippen molar-refractivity contribution in [1.29, 1.82) is 0 Å². The van der Waals surface area contributed by atoms with Crippen LogP contribution in [-0.2, 0) is 11.2 Å². The van der Waals surface area contributed by atoms with E-state index in [4.69, 9.17) is 10.8 Å². The third-order valence-electron chi connectivity index (χ3n) is 6.59. The number of nitrogens with zero attached hydrogens (tertiary/aromatic N) is 3. The molecule has 34 heavy (non-hydrogen) atoms. The minimum atomic E-state index is -0.811. The van der Waals surface area contributed by atoms with Crippen molar-refractivity contribution in [3.8, 4) is 5.69 Å². The van der Waals surface area contributed by atoms with Crippen molar-refractivity contribution in [3.05, 3.63) is 83.1 Å². The Morgan fingerprint density at radius 2 is 2.03 bits per heavy atom. The number of aliphatic carboxylic acids is 1. The first-order valence-corrected chi connectivity index (χ1v) is 11.3. The first-order chi connectivity index (χ1) is 16.3. The zero-order valence-corrected chi connectivity index (χ0v) is 19.2. The molecular weight excluding hydrogens is 428 g/mol. The maximum atomic E-state index is 11.7. The standard InChI is InChI=1S/C27H26N4O3/c1-16-11-19(27(28)34)5-7-23(16)31-24-13-18(4-8-25(32)33)3-6-21(24)22-14-20(12-17(2)26(22)31)30-10-9-29-15-30/h3,5-7,9-11,13-15,17H,4,8,12H2,1-2H3,(H2,28,34)(H,32,33). The number of rotatable bonds is 6. The van der Waals surface area contributed by atoms with Crippen molar-refractivity contribution in [3.63, 3.8) is 0 Å². The molecule has 7 heteroatoms. The van der Waals surface area contributed by atoms with Crippen LogP contribution < -0.4 is 5.73 Å². The third-order valence-corrected chi connectivity index (χ3v) is 6.59. The molecule has 7 nitrogen and oxygen atoms in total. The number of aryl methyl sites for hydroxylation is 2. The molecule has 3 N–H and O–H groups in total. The molecule has 5 rings (SSSR count). The summed E-state index contributed by atoms with van der Waals surface area (Å²) in [4.78, 5) is 27.1. The molecule has 0 radical (unpaired) electrons. The fourth-order valence-corrected chi connectivity index (χ4v) is 4.99. The maximum Gasteiger partial charge on any atom is 0.303 e. The number of carboxylic acid groups (broad SMARTS) is 1. The Balaban J connectivity index is 1.77. The van der Waals surface area contributed by atoms with Gasteiger partial charge < -0.3 is 20.0 Å². The molecule has 1 atom stereocenters. The predicted octanol–water partition coefficient (Wildman–Crippen LogP) is 4.76. The van der Waals surface area contributed by atoms with E-state index < -0.39 is 11.9 Å². The van der Waals surface area contributed by atoms with E-state index in [0.717, 1.165) is 39.7 Å². The van der Waals surface area contributed by atoms with Crippen molar-refractivity contribution in [2.75, 3.05) is 0 Å². The number of hydrogen-bond acceptors (Lipinski definition) is 3. The van der Waals surface area contributed by atoms with Gasteiger partial charge in [-0.2, -0.15) is 0 Å². The number of carbonyl (C=O) groups is 2. The molecule has 172 valence electrons. The second kappa shape index (κ2) is 8.33. The zero-order valence-electron chi connectivity index (χ0n) is 19.2. The first-order valence-electron chi connectivity index (χ1n) is 11.3. The summed E-state index contributed by atoms with van der Waals surface area (Å²) >= 11 is 0. The van der Waals surface area contributed by atoms with Crippen LogP contribution in [0.1, 0.15) is 58.4 Å². The second-order valence-electron chi connectivity index (χ2n) is 8.96. The lowest BCUT2D eigenvalue weighted by molar-refractivity contribution is -0.136. The summed E-state index contributed by atoms with van der Waals surface area (Å²) in [7, 11) is 0. The van der Waals surface area contributed by atoms with Gasteiger partial charge in [-0.25, -0.2) is 4.98 Å². The van der Waals surface area contributed by atoms with E-state index in [1.165, 1.54) is 11.4 Å². The van der Waals surface area contributed by atoms with E-state index >= 15 is 0 Å². The van der Waals surface area contributed by atoms with Crippen molar-refractivity contribution < 1.29 is 14.7 Å². The molecule has 1 aliphatic rings. The monoisotopic (exact) mass is 454 g/mol. The molecule has 4 aromatic rings. The molecule has 2 heterocycles. The first kappa shape index (κ1) is 21.7. The molecule has 1 aliphatic carbocycles. The minimum absolute atomic E-state index is 0.0827. The van der Waals surface area contributed by atoms with Crippen LogP contribution in [-0.4, -0.2) is 31.1 Å². The highest BCUT2D eigenvalue weighted by Crippen LogP contribution is 2.43. The average molecular weight is 455 g/mol. The Bertz CT molecular complexity index is 1460. The number of aromatic nitrogens is 3. The Morgan fingerprint density at radius 1 is 1.21 bits per heavy atom. The van der Waals surface area contributed by atoms with Crippen LogP contribution in [0.3, 0.4) is 0 Å². The topological polar surface area (TPSA) is 103 Å². The van der Waals surface area contributed by atoms with E-state index in [1.54, 1.807) is 12.3 Å². The van der Waals surface area contributed by atoms with Crippen LogP contribution in [0.4, 0.5) is 0 Å².